The summed E-state index contributed by atoms with van der Waals surface area (Å²) in [6, 6.07) is 2.37. The van der Waals surface area contributed by atoms with Crippen LogP contribution in [-0.2, 0) is 4.79 Å². The minimum Gasteiger partial charge on any atom is -0.350 e. The summed E-state index contributed by atoms with van der Waals surface area (Å²) >= 11 is 1.60. The summed E-state index contributed by atoms with van der Waals surface area (Å²) in [6.45, 7) is 2.56. The van der Waals surface area contributed by atoms with E-state index in [-0.39, 0.29) is 5.91 Å². The summed E-state index contributed by atoms with van der Waals surface area (Å²) < 4.78 is 0. The number of aromatic nitrogens is 3. The van der Waals surface area contributed by atoms with Gasteiger partial charge in [0.2, 0.25) is 0 Å². The maximum atomic E-state index is 12.5. The molecule has 24 heavy (non-hydrogen) atoms. The van der Waals surface area contributed by atoms with Crippen LogP contribution < -0.4 is 15.5 Å². The van der Waals surface area contributed by atoms with Gasteiger partial charge in [0.1, 0.15) is 17.8 Å². The van der Waals surface area contributed by atoms with E-state index in [1.54, 1.807) is 18.1 Å². The first-order valence-electron chi connectivity index (χ1n) is 8.22. The highest BCUT2D eigenvalue weighted by molar-refractivity contribution is 8.04. The van der Waals surface area contributed by atoms with Crippen molar-refractivity contribution in [1.29, 1.82) is 0 Å². The second-order valence-electron chi connectivity index (χ2n) is 5.98. The molecule has 0 bridgehead atoms. The Kier molecular flexibility index (Phi) is 4.40. The van der Waals surface area contributed by atoms with Crippen molar-refractivity contribution in [2.24, 2.45) is 0 Å². The van der Waals surface area contributed by atoms with Crippen LogP contribution in [0, 0.1) is 0 Å². The maximum absolute atomic E-state index is 12.5. The van der Waals surface area contributed by atoms with Gasteiger partial charge in [-0.25, -0.2) is 9.97 Å². The van der Waals surface area contributed by atoms with Gasteiger partial charge in [0.05, 0.1) is 10.3 Å². The number of carbonyl (C=O) groups excluding carboxylic acids is 1. The lowest BCUT2D eigenvalue weighted by molar-refractivity contribution is -0.116. The summed E-state index contributed by atoms with van der Waals surface area (Å²) in [5.74, 6) is 1.69. The number of anilines is 1. The molecule has 2 aliphatic rings. The average molecular weight is 344 g/mol. The lowest BCUT2D eigenvalue weighted by Crippen LogP contribution is -2.38. The Labute approximate surface area is 144 Å². The quantitative estimate of drug-likeness (QED) is 0.773. The first-order valence-corrected chi connectivity index (χ1v) is 9.21. The zero-order valence-electron chi connectivity index (χ0n) is 13.3. The third-order valence-electron chi connectivity index (χ3n) is 4.36. The number of nitrogens with one attached hydrogen (secondary N) is 3. The Morgan fingerprint density at radius 3 is 3.29 bits per heavy atom. The normalized spacial score (nSPS) is 21.1. The molecular formula is C16H20N6OS. The van der Waals surface area contributed by atoms with Crippen LogP contribution in [-0.4, -0.2) is 52.3 Å². The summed E-state index contributed by atoms with van der Waals surface area (Å²) in [6.07, 6.45) is 7.63. The number of aromatic amines is 1. The number of rotatable bonds is 4. The van der Waals surface area contributed by atoms with Gasteiger partial charge in [-0.15, -0.1) is 11.8 Å². The zero-order valence-corrected chi connectivity index (χ0v) is 14.1. The molecule has 4 heterocycles. The highest BCUT2D eigenvalue weighted by Crippen LogP contribution is 2.28. The summed E-state index contributed by atoms with van der Waals surface area (Å²) in [5, 5.41) is 7.41. The minimum absolute atomic E-state index is 0.00207. The van der Waals surface area contributed by atoms with Crippen molar-refractivity contribution in [1.82, 2.24) is 25.6 Å². The standard InChI is InChI=1S/C16H20N6OS/c23-16(19-8-11-2-1-4-17-11)13-9-22(6-7-24-13)15-12-3-5-18-14(12)20-10-21-15/h3,5,9-11,17H,1-2,4,6-8H2,(H,19,23)(H,18,20,21). The van der Waals surface area contributed by atoms with Crippen molar-refractivity contribution >= 4 is 34.5 Å². The number of hydrogen-bond acceptors (Lipinski definition) is 6. The topological polar surface area (TPSA) is 85.9 Å². The van der Waals surface area contributed by atoms with Crippen molar-refractivity contribution in [3.63, 3.8) is 0 Å². The molecule has 4 rings (SSSR count). The van der Waals surface area contributed by atoms with Crippen molar-refractivity contribution in [2.75, 3.05) is 30.3 Å². The predicted molar refractivity (Wildman–Crippen MR) is 95.8 cm³/mol. The van der Waals surface area contributed by atoms with Crippen molar-refractivity contribution in [2.45, 2.75) is 18.9 Å². The Balaban J connectivity index is 1.50. The largest absolute Gasteiger partial charge is 0.350 e. The third kappa shape index (κ3) is 3.11. The van der Waals surface area contributed by atoms with Crippen LogP contribution in [0.2, 0.25) is 0 Å². The van der Waals surface area contributed by atoms with Gasteiger partial charge in [0.15, 0.2) is 0 Å². The van der Waals surface area contributed by atoms with E-state index in [0.717, 1.165) is 47.0 Å². The van der Waals surface area contributed by atoms with E-state index in [1.165, 1.54) is 6.42 Å². The molecule has 2 aromatic rings. The number of carbonyl (C=O) groups is 1. The molecule has 1 unspecified atom stereocenters. The summed E-state index contributed by atoms with van der Waals surface area (Å²) in [4.78, 5) is 26.9. The first kappa shape index (κ1) is 15.5. The smallest absolute Gasteiger partial charge is 0.259 e. The number of H-pyrrole nitrogens is 1. The Morgan fingerprint density at radius 2 is 2.42 bits per heavy atom. The van der Waals surface area contributed by atoms with Gasteiger partial charge in [-0.2, -0.15) is 0 Å². The monoisotopic (exact) mass is 344 g/mol. The molecule has 8 heteroatoms. The van der Waals surface area contributed by atoms with Crippen LogP contribution in [0.25, 0.3) is 11.0 Å². The van der Waals surface area contributed by atoms with Crippen molar-refractivity contribution < 1.29 is 4.79 Å². The van der Waals surface area contributed by atoms with E-state index in [0.29, 0.717) is 12.6 Å². The van der Waals surface area contributed by atoms with Gasteiger partial charge in [0, 0.05) is 37.3 Å². The van der Waals surface area contributed by atoms with Crippen LogP contribution in [0.3, 0.4) is 0 Å². The fourth-order valence-electron chi connectivity index (χ4n) is 3.11. The van der Waals surface area contributed by atoms with Crippen LogP contribution >= 0.6 is 11.8 Å². The molecule has 0 spiro atoms. The molecule has 0 radical (unpaired) electrons. The highest BCUT2D eigenvalue weighted by atomic mass is 32.2. The van der Waals surface area contributed by atoms with Gasteiger partial charge >= 0.3 is 0 Å². The summed E-state index contributed by atoms with van der Waals surface area (Å²) in [7, 11) is 0. The Bertz CT molecular complexity index is 767. The van der Waals surface area contributed by atoms with Crippen LogP contribution in [0.15, 0.2) is 29.7 Å². The fraction of sp³-hybridized carbons (Fsp3) is 0.438. The maximum Gasteiger partial charge on any atom is 0.259 e. The number of amides is 1. The molecule has 2 aromatic heterocycles. The van der Waals surface area contributed by atoms with Gasteiger partial charge in [-0.3, -0.25) is 4.79 Å². The van der Waals surface area contributed by atoms with E-state index < -0.39 is 0 Å². The number of hydrogen-bond donors (Lipinski definition) is 3. The second-order valence-corrected chi connectivity index (χ2v) is 7.11. The molecule has 126 valence electrons. The van der Waals surface area contributed by atoms with E-state index >= 15 is 0 Å². The third-order valence-corrected chi connectivity index (χ3v) is 5.35. The van der Waals surface area contributed by atoms with Crippen LogP contribution in [0.4, 0.5) is 5.82 Å². The molecule has 1 fully saturated rings. The highest BCUT2D eigenvalue weighted by Gasteiger charge is 2.21. The lowest BCUT2D eigenvalue weighted by atomic mass is 10.2. The molecule has 1 atom stereocenters. The molecule has 0 aliphatic carbocycles. The van der Waals surface area contributed by atoms with E-state index in [2.05, 4.69) is 25.6 Å². The van der Waals surface area contributed by atoms with Gasteiger partial charge < -0.3 is 20.5 Å². The average Bonchev–Trinajstić information content (AvgIpc) is 3.30. The number of thioether (sulfide) groups is 1. The molecule has 7 nitrogen and oxygen atoms in total. The zero-order chi connectivity index (χ0) is 16.4. The minimum atomic E-state index is -0.00207. The van der Waals surface area contributed by atoms with Gasteiger partial charge in [0.25, 0.3) is 5.91 Å². The second kappa shape index (κ2) is 6.82. The Hall–Kier alpha value is -2.06. The molecule has 2 aliphatic heterocycles. The van der Waals surface area contributed by atoms with Crippen molar-refractivity contribution in [3.05, 3.63) is 29.7 Å². The van der Waals surface area contributed by atoms with E-state index in [4.69, 9.17) is 0 Å². The van der Waals surface area contributed by atoms with Gasteiger partial charge in [-0.1, -0.05) is 0 Å². The molecular weight excluding hydrogens is 324 g/mol. The van der Waals surface area contributed by atoms with E-state index in [9.17, 15) is 4.79 Å². The fourth-order valence-corrected chi connectivity index (χ4v) is 4.02. The molecule has 0 saturated carbocycles. The van der Waals surface area contributed by atoms with Crippen LogP contribution in [0.1, 0.15) is 12.8 Å². The van der Waals surface area contributed by atoms with Gasteiger partial charge in [-0.05, 0) is 25.5 Å². The predicted octanol–water partition coefficient (Wildman–Crippen LogP) is 1.22. The Morgan fingerprint density at radius 1 is 1.46 bits per heavy atom. The number of fused-ring (bicyclic) bond motifs is 1. The van der Waals surface area contributed by atoms with Crippen LogP contribution in [0.5, 0.6) is 0 Å². The van der Waals surface area contributed by atoms with E-state index in [1.807, 2.05) is 23.4 Å². The molecule has 1 saturated heterocycles. The molecule has 0 aromatic carbocycles. The first-order chi connectivity index (χ1) is 11.8. The number of nitrogens with zero attached hydrogens (tertiary/aromatic N) is 3. The lowest BCUT2D eigenvalue weighted by Gasteiger charge is -2.25. The molecule has 1 amide bonds. The SMILES string of the molecule is O=C(NCC1CCCN1)C1=CN(c2ncnc3[nH]ccc23)CCS1. The molecule has 3 N–H and O–H groups in total. The van der Waals surface area contributed by atoms with Crippen molar-refractivity contribution in [3.8, 4) is 0 Å². The summed E-state index contributed by atoms with van der Waals surface area (Å²) in [5.41, 5.74) is 0.810.